The molecule has 0 aliphatic heterocycles. The molecular formula is C20H26N6OS. The van der Waals surface area contributed by atoms with E-state index in [4.69, 9.17) is 0 Å². The molecule has 8 heteroatoms. The molecule has 3 rings (SSSR count). The SMILES string of the molecule is CCN(CC)CCN(C)C(=O)c1cc(-c2ccc(C)s2)cc(-n2cnnn2)c1. The van der Waals surface area contributed by atoms with Gasteiger partial charge in [0.05, 0.1) is 5.69 Å². The Bertz CT molecular complexity index is 917. The van der Waals surface area contributed by atoms with E-state index in [1.807, 2.05) is 25.2 Å². The van der Waals surface area contributed by atoms with Gasteiger partial charge in [-0.2, -0.15) is 0 Å². The van der Waals surface area contributed by atoms with E-state index in [1.54, 1.807) is 20.9 Å². The van der Waals surface area contributed by atoms with Crippen LogP contribution in [0.25, 0.3) is 16.1 Å². The van der Waals surface area contributed by atoms with Gasteiger partial charge in [-0.15, -0.1) is 16.4 Å². The van der Waals surface area contributed by atoms with Crippen LogP contribution in [0.2, 0.25) is 0 Å². The number of aromatic nitrogens is 4. The Morgan fingerprint density at radius 1 is 1.14 bits per heavy atom. The van der Waals surface area contributed by atoms with E-state index >= 15 is 0 Å². The van der Waals surface area contributed by atoms with Gasteiger partial charge in [-0.05, 0) is 66.3 Å². The summed E-state index contributed by atoms with van der Waals surface area (Å²) < 4.78 is 1.58. The number of hydrogen-bond acceptors (Lipinski definition) is 6. The quantitative estimate of drug-likeness (QED) is 0.583. The van der Waals surface area contributed by atoms with E-state index in [0.717, 1.165) is 35.8 Å². The number of tetrazole rings is 1. The molecule has 0 unspecified atom stereocenters. The topological polar surface area (TPSA) is 67.2 Å². The summed E-state index contributed by atoms with van der Waals surface area (Å²) in [5.74, 6) is -0.00314. The van der Waals surface area contributed by atoms with Gasteiger partial charge in [0.1, 0.15) is 6.33 Å². The average Bonchev–Trinajstić information content (AvgIpc) is 3.39. The van der Waals surface area contributed by atoms with Gasteiger partial charge in [0.15, 0.2) is 0 Å². The van der Waals surface area contributed by atoms with Gasteiger partial charge < -0.3 is 9.80 Å². The molecule has 1 aromatic carbocycles. The van der Waals surface area contributed by atoms with Crippen molar-refractivity contribution in [2.45, 2.75) is 20.8 Å². The normalized spacial score (nSPS) is 11.2. The Morgan fingerprint density at radius 3 is 2.54 bits per heavy atom. The third-order valence-electron chi connectivity index (χ3n) is 4.80. The van der Waals surface area contributed by atoms with Crippen molar-refractivity contribution in [2.75, 3.05) is 33.2 Å². The first-order valence-electron chi connectivity index (χ1n) is 9.45. The molecule has 0 fully saturated rings. The number of hydrogen-bond donors (Lipinski definition) is 0. The van der Waals surface area contributed by atoms with Crippen LogP contribution in [0.3, 0.4) is 0 Å². The molecule has 1 amide bonds. The van der Waals surface area contributed by atoms with Crippen molar-refractivity contribution in [2.24, 2.45) is 0 Å². The average molecular weight is 399 g/mol. The highest BCUT2D eigenvalue weighted by molar-refractivity contribution is 7.15. The molecule has 0 aliphatic rings. The highest BCUT2D eigenvalue weighted by Crippen LogP contribution is 2.30. The minimum Gasteiger partial charge on any atom is -0.340 e. The number of rotatable bonds is 8. The maximum absolute atomic E-state index is 13.1. The second-order valence-electron chi connectivity index (χ2n) is 6.69. The summed E-state index contributed by atoms with van der Waals surface area (Å²) in [6.45, 7) is 9.85. The monoisotopic (exact) mass is 398 g/mol. The van der Waals surface area contributed by atoms with E-state index in [-0.39, 0.29) is 5.91 Å². The minimum absolute atomic E-state index is 0.00314. The van der Waals surface area contributed by atoms with Crippen molar-refractivity contribution in [3.8, 4) is 16.1 Å². The zero-order valence-electron chi connectivity index (χ0n) is 16.8. The molecule has 2 heterocycles. The van der Waals surface area contributed by atoms with Crippen molar-refractivity contribution in [1.82, 2.24) is 30.0 Å². The molecule has 3 aromatic rings. The van der Waals surface area contributed by atoms with Gasteiger partial charge in [0.2, 0.25) is 0 Å². The molecular weight excluding hydrogens is 372 g/mol. The van der Waals surface area contributed by atoms with E-state index in [9.17, 15) is 4.79 Å². The minimum atomic E-state index is -0.00314. The predicted octanol–water partition coefficient (Wildman–Crippen LogP) is 3.11. The van der Waals surface area contributed by atoms with Crippen LogP contribution in [-0.2, 0) is 0 Å². The van der Waals surface area contributed by atoms with Gasteiger partial charge in [0.25, 0.3) is 5.91 Å². The summed E-state index contributed by atoms with van der Waals surface area (Å²) in [5.41, 5.74) is 2.40. The molecule has 0 spiro atoms. The third kappa shape index (κ3) is 4.63. The molecule has 0 atom stereocenters. The van der Waals surface area contributed by atoms with Crippen LogP contribution in [0.15, 0.2) is 36.7 Å². The molecule has 0 saturated heterocycles. The van der Waals surface area contributed by atoms with Gasteiger partial charge in [-0.1, -0.05) is 13.8 Å². The molecule has 0 N–H and O–H groups in total. The fourth-order valence-corrected chi connectivity index (χ4v) is 3.89. The molecule has 0 bridgehead atoms. The lowest BCUT2D eigenvalue weighted by Gasteiger charge is -2.23. The first kappa shape index (κ1) is 20.2. The number of benzene rings is 1. The number of carbonyl (C=O) groups is 1. The first-order chi connectivity index (χ1) is 13.5. The Labute approximate surface area is 169 Å². The number of carbonyl (C=O) groups excluding carboxylic acids is 1. The molecule has 0 radical (unpaired) electrons. The summed E-state index contributed by atoms with van der Waals surface area (Å²) in [7, 11) is 1.85. The van der Waals surface area contributed by atoms with Crippen molar-refractivity contribution in [3.05, 3.63) is 47.1 Å². The van der Waals surface area contributed by atoms with Gasteiger partial charge in [0, 0.05) is 35.5 Å². The first-order valence-corrected chi connectivity index (χ1v) is 10.3. The Morgan fingerprint density at radius 2 is 1.93 bits per heavy atom. The van der Waals surface area contributed by atoms with Crippen LogP contribution >= 0.6 is 11.3 Å². The number of amides is 1. The van der Waals surface area contributed by atoms with Crippen molar-refractivity contribution < 1.29 is 4.79 Å². The lowest BCUT2D eigenvalue weighted by atomic mass is 10.1. The van der Waals surface area contributed by atoms with E-state index in [0.29, 0.717) is 12.1 Å². The molecule has 148 valence electrons. The van der Waals surface area contributed by atoms with Crippen LogP contribution in [0.1, 0.15) is 29.1 Å². The fourth-order valence-electron chi connectivity index (χ4n) is 3.03. The second-order valence-corrected chi connectivity index (χ2v) is 7.97. The highest BCUT2D eigenvalue weighted by atomic mass is 32.1. The van der Waals surface area contributed by atoms with Gasteiger partial charge >= 0.3 is 0 Å². The lowest BCUT2D eigenvalue weighted by molar-refractivity contribution is 0.0780. The van der Waals surface area contributed by atoms with Crippen molar-refractivity contribution in [1.29, 1.82) is 0 Å². The third-order valence-corrected chi connectivity index (χ3v) is 5.85. The summed E-state index contributed by atoms with van der Waals surface area (Å²) in [6.07, 6.45) is 1.54. The van der Waals surface area contributed by atoms with Gasteiger partial charge in [-0.25, -0.2) is 4.68 Å². The Kier molecular flexibility index (Phi) is 6.53. The van der Waals surface area contributed by atoms with E-state index in [2.05, 4.69) is 53.3 Å². The lowest BCUT2D eigenvalue weighted by Crippen LogP contribution is -2.36. The number of nitrogens with zero attached hydrogens (tertiary/aromatic N) is 6. The molecule has 28 heavy (non-hydrogen) atoms. The number of likely N-dealkylation sites (N-methyl/N-ethyl adjacent to an activating group) is 2. The zero-order valence-corrected chi connectivity index (χ0v) is 17.6. The molecule has 7 nitrogen and oxygen atoms in total. The molecule has 0 aliphatic carbocycles. The maximum Gasteiger partial charge on any atom is 0.253 e. The van der Waals surface area contributed by atoms with Crippen LogP contribution < -0.4 is 0 Å². The molecule has 2 aromatic heterocycles. The summed E-state index contributed by atoms with van der Waals surface area (Å²) >= 11 is 1.70. The summed E-state index contributed by atoms with van der Waals surface area (Å²) in [6, 6.07) is 9.97. The van der Waals surface area contributed by atoms with Gasteiger partial charge in [-0.3, -0.25) is 4.79 Å². The zero-order chi connectivity index (χ0) is 20.1. The van der Waals surface area contributed by atoms with Crippen LogP contribution in [0, 0.1) is 6.92 Å². The smallest absolute Gasteiger partial charge is 0.253 e. The van der Waals surface area contributed by atoms with Crippen molar-refractivity contribution >= 4 is 17.2 Å². The maximum atomic E-state index is 13.1. The van der Waals surface area contributed by atoms with E-state index < -0.39 is 0 Å². The molecule has 0 saturated carbocycles. The fraction of sp³-hybridized carbons (Fsp3) is 0.400. The highest BCUT2D eigenvalue weighted by Gasteiger charge is 2.16. The number of thiophene rings is 1. The standard InChI is InChI=1S/C20H26N6OS/c1-5-25(6-2)10-9-24(4)20(27)17-11-16(19-8-7-15(3)28-19)12-18(13-17)26-14-21-22-23-26/h7-8,11-14H,5-6,9-10H2,1-4H3. The van der Waals surface area contributed by atoms with Crippen LogP contribution in [0.4, 0.5) is 0 Å². The summed E-state index contributed by atoms with van der Waals surface area (Å²) in [4.78, 5) is 19.5. The second kappa shape index (κ2) is 9.07. The predicted molar refractivity (Wildman–Crippen MR) is 112 cm³/mol. The Balaban J connectivity index is 1.90. The van der Waals surface area contributed by atoms with Crippen LogP contribution in [0.5, 0.6) is 0 Å². The largest absolute Gasteiger partial charge is 0.340 e. The van der Waals surface area contributed by atoms with Crippen molar-refractivity contribution in [3.63, 3.8) is 0 Å². The van der Waals surface area contributed by atoms with Crippen LogP contribution in [-0.4, -0.2) is 69.1 Å². The van der Waals surface area contributed by atoms with E-state index in [1.165, 1.54) is 11.2 Å². The Hall–Kier alpha value is -2.58. The summed E-state index contributed by atoms with van der Waals surface area (Å²) in [5, 5.41) is 11.4. The number of aryl methyl sites for hydroxylation is 1.